The number of hydrogen-bond acceptors (Lipinski definition) is 7. The number of aromatic nitrogens is 6. The molecule has 0 bridgehead atoms. The van der Waals surface area contributed by atoms with Crippen LogP contribution in [0.15, 0.2) is 30.5 Å². The van der Waals surface area contributed by atoms with Crippen molar-refractivity contribution >= 4 is 17.3 Å². The van der Waals surface area contributed by atoms with Crippen molar-refractivity contribution in [2.75, 3.05) is 29.9 Å². The summed E-state index contributed by atoms with van der Waals surface area (Å²) in [5.41, 5.74) is 1.88. The molecule has 4 rings (SSSR count). The Morgan fingerprint density at radius 2 is 2.26 bits per heavy atom. The number of tetrazole rings is 1. The van der Waals surface area contributed by atoms with Gasteiger partial charge in [0.15, 0.2) is 11.5 Å². The van der Waals surface area contributed by atoms with Crippen LogP contribution in [0.3, 0.4) is 0 Å². The Morgan fingerprint density at radius 3 is 3.17 bits per heavy atom. The highest BCUT2D eigenvalue weighted by Gasteiger charge is 2.24. The Hall–Kier alpha value is -2.77. The van der Waals surface area contributed by atoms with Crippen molar-refractivity contribution in [1.29, 1.82) is 0 Å². The zero-order valence-electron chi connectivity index (χ0n) is 12.9. The molecule has 1 N–H and O–H groups in total. The fraction of sp³-hybridized carbons (Fsp3) is 0.400. The molecule has 0 aromatic carbocycles. The maximum Gasteiger partial charge on any atom is 0.200 e. The fourth-order valence-corrected chi connectivity index (χ4v) is 2.90. The molecule has 8 heteroatoms. The predicted octanol–water partition coefficient (Wildman–Crippen LogP) is 1.16. The van der Waals surface area contributed by atoms with E-state index in [1.165, 1.54) is 10.2 Å². The van der Waals surface area contributed by atoms with E-state index < -0.39 is 0 Å². The third-order valence-electron chi connectivity index (χ3n) is 4.15. The molecule has 1 atom stereocenters. The monoisotopic (exact) mass is 310 g/mol. The molecule has 23 heavy (non-hydrogen) atoms. The van der Waals surface area contributed by atoms with E-state index in [1.807, 2.05) is 24.4 Å². The normalized spacial score (nSPS) is 17.8. The summed E-state index contributed by atoms with van der Waals surface area (Å²) in [5, 5.41) is 19.2. The minimum Gasteiger partial charge on any atom is -0.370 e. The van der Waals surface area contributed by atoms with Gasteiger partial charge in [-0.1, -0.05) is 0 Å². The molecule has 0 spiro atoms. The van der Waals surface area contributed by atoms with Crippen LogP contribution in [0.2, 0.25) is 0 Å². The van der Waals surface area contributed by atoms with Crippen LogP contribution < -0.4 is 10.2 Å². The van der Waals surface area contributed by atoms with E-state index in [9.17, 15) is 0 Å². The topological polar surface area (TPSA) is 84.1 Å². The molecule has 3 aromatic rings. The Morgan fingerprint density at radius 1 is 1.30 bits per heavy atom. The molecule has 1 unspecified atom stereocenters. The first kappa shape index (κ1) is 13.9. The second-order valence-electron chi connectivity index (χ2n) is 5.92. The van der Waals surface area contributed by atoms with Gasteiger partial charge in [0, 0.05) is 25.8 Å². The molecule has 0 saturated carbocycles. The van der Waals surface area contributed by atoms with Crippen LogP contribution in [0, 0.1) is 12.8 Å². The first-order valence-electron chi connectivity index (χ1n) is 7.75. The number of hydrogen-bond donors (Lipinski definition) is 1. The number of anilines is 2. The number of fused-ring (bicyclic) bond motifs is 1. The highest BCUT2D eigenvalue weighted by molar-refractivity contribution is 5.45. The predicted molar refractivity (Wildman–Crippen MR) is 86.4 cm³/mol. The van der Waals surface area contributed by atoms with Crippen LogP contribution in [0.5, 0.6) is 0 Å². The van der Waals surface area contributed by atoms with Crippen LogP contribution >= 0.6 is 0 Å². The molecular weight excluding hydrogens is 292 g/mol. The molecule has 0 amide bonds. The van der Waals surface area contributed by atoms with E-state index in [0.717, 1.165) is 37.7 Å². The van der Waals surface area contributed by atoms with Crippen molar-refractivity contribution in [3.8, 4) is 0 Å². The van der Waals surface area contributed by atoms with Crippen LogP contribution in [0.4, 0.5) is 11.6 Å². The minimum atomic E-state index is 0.573. The van der Waals surface area contributed by atoms with E-state index in [0.29, 0.717) is 11.6 Å². The van der Waals surface area contributed by atoms with Gasteiger partial charge >= 0.3 is 0 Å². The lowest BCUT2D eigenvalue weighted by Crippen LogP contribution is -2.24. The first-order valence-corrected chi connectivity index (χ1v) is 7.75. The van der Waals surface area contributed by atoms with Crippen LogP contribution in [-0.2, 0) is 0 Å². The van der Waals surface area contributed by atoms with Crippen molar-refractivity contribution in [3.05, 3.63) is 36.0 Å². The average molecular weight is 310 g/mol. The maximum atomic E-state index is 4.46. The lowest BCUT2D eigenvalue weighted by atomic mass is 10.1. The highest BCUT2D eigenvalue weighted by Crippen LogP contribution is 2.22. The van der Waals surface area contributed by atoms with Gasteiger partial charge in [0.2, 0.25) is 0 Å². The van der Waals surface area contributed by atoms with Gasteiger partial charge in [-0.25, -0.2) is 4.98 Å². The standard InChI is InChI=1S/C15H18N8/c1-11-4-6-16-13(8-11)17-9-12-5-7-22(10-12)15-3-2-14-18-20-21-23(14)19-15/h2-4,6,8,12H,5,7,9-10H2,1H3,(H,16,17). The summed E-state index contributed by atoms with van der Waals surface area (Å²) in [6.45, 7) is 4.96. The Bertz CT molecular complexity index is 814. The lowest BCUT2D eigenvalue weighted by Gasteiger charge is -2.17. The average Bonchev–Trinajstić information content (AvgIpc) is 3.21. The molecule has 1 aliphatic rings. The van der Waals surface area contributed by atoms with Crippen molar-refractivity contribution in [2.45, 2.75) is 13.3 Å². The molecule has 1 fully saturated rings. The SMILES string of the molecule is Cc1ccnc(NCC2CCN(c3ccc4nnnn4n3)C2)c1. The van der Waals surface area contributed by atoms with Gasteiger partial charge in [-0.15, -0.1) is 14.8 Å². The van der Waals surface area contributed by atoms with Crippen molar-refractivity contribution < 1.29 is 0 Å². The third-order valence-corrected chi connectivity index (χ3v) is 4.15. The highest BCUT2D eigenvalue weighted by atomic mass is 15.6. The largest absolute Gasteiger partial charge is 0.370 e. The van der Waals surface area contributed by atoms with E-state index in [1.54, 1.807) is 0 Å². The minimum absolute atomic E-state index is 0.573. The Balaban J connectivity index is 1.38. The van der Waals surface area contributed by atoms with Gasteiger partial charge in [0.25, 0.3) is 0 Å². The molecule has 4 heterocycles. The summed E-state index contributed by atoms with van der Waals surface area (Å²) < 4.78 is 1.47. The van der Waals surface area contributed by atoms with Crippen LogP contribution in [-0.4, -0.2) is 49.9 Å². The molecule has 118 valence electrons. The first-order chi connectivity index (χ1) is 11.3. The molecule has 8 nitrogen and oxygen atoms in total. The van der Waals surface area contributed by atoms with E-state index >= 15 is 0 Å². The van der Waals surface area contributed by atoms with Crippen LogP contribution in [0.1, 0.15) is 12.0 Å². The van der Waals surface area contributed by atoms with Gasteiger partial charge in [0.1, 0.15) is 5.82 Å². The van der Waals surface area contributed by atoms with Gasteiger partial charge in [-0.3, -0.25) is 0 Å². The third kappa shape index (κ3) is 2.92. The smallest absolute Gasteiger partial charge is 0.200 e. The van der Waals surface area contributed by atoms with Gasteiger partial charge < -0.3 is 10.2 Å². The summed E-state index contributed by atoms with van der Waals surface area (Å²) in [6, 6.07) is 7.94. The van der Waals surface area contributed by atoms with Crippen molar-refractivity contribution in [3.63, 3.8) is 0 Å². The van der Waals surface area contributed by atoms with Gasteiger partial charge in [-0.2, -0.15) is 0 Å². The second kappa shape index (κ2) is 5.79. The zero-order valence-corrected chi connectivity index (χ0v) is 12.9. The summed E-state index contributed by atoms with van der Waals surface area (Å²) >= 11 is 0. The van der Waals surface area contributed by atoms with Crippen molar-refractivity contribution in [2.24, 2.45) is 5.92 Å². The Labute approximate surface area is 133 Å². The number of nitrogens with one attached hydrogen (secondary N) is 1. The molecule has 0 radical (unpaired) electrons. The van der Waals surface area contributed by atoms with Gasteiger partial charge in [0.05, 0.1) is 0 Å². The summed E-state index contributed by atoms with van der Waals surface area (Å²) in [7, 11) is 0. The molecule has 1 saturated heterocycles. The zero-order chi connectivity index (χ0) is 15.6. The summed E-state index contributed by atoms with van der Waals surface area (Å²) in [4.78, 5) is 6.62. The van der Waals surface area contributed by atoms with Crippen molar-refractivity contribution in [1.82, 2.24) is 30.2 Å². The van der Waals surface area contributed by atoms with E-state index in [4.69, 9.17) is 0 Å². The fourth-order valence-electron chi connectivity index (χ4n) is 2.90. The lowest BCUT2D eigenvalue weighted by molar-refractivity contribution is 0.619. The second-order valence-corrected chi connectivity index (χ2v) is 5.92. The maximum absolute atomic E-state index is 4.46. The van der Waals surface area contributed by atoms with E-state index in [-0.39, 0.29) is 0 Å². The summed E-state index contributed by atoms with van der Waals surface area (Å²) in [5.74, 6) is 2.43. The quantitative estimate of drug-likeness (QED) is 0.774. The molecule has 3 aromatic heterocycles. The molecule has 1 aliphatic heterocycles. The Kier molecular flexibility index (Phi) is 3.49. The number of rotatable bonds is 4. The number of aryl methyl sites for hydroxylation is 1. The van der Waals surface area contributed by atoms with E-state index in [2.05, 4.69) is 48.8 Å². The molecular formula is C15H18N8. The van der Waals surface area contributed by atoms with Crippen LogP contribution in [0.25, 0.3) is 5.65 Å². The summed E-state index contributed by atoms with van der Waals surface area (Å²) in [6.07, 6.45) is 2.97. The number of pyridine rings is 1. The number of nitrogens with zero attached hydrogens (tertiary/aromatic N) is 7. The molecule has 0 aliphatic carbocycles. The van der Waals surface area contributed by atoms with Gasteiger partial charge in [-0.05, 0) is 59.5 Å².